The van der Waals surface area contributed by atoms with Crippen molar-refractivity contribution in [3.8, 4) is 11.5 Å². The van der Waals surface area contributed by atoms with Gasteiger partial charge in [-0.25, -0.2) is 0 Å². The molecule has 3 aromatic rings. The largest absolute Gasteiger partial charge is 0.508 e. The first kappa shape index (κ1) is 18.5. The van der Waals surface area contributed by atoms with Crippen LogP contribution < -0.4 is 10.9 Å². The predicted molar refractivity (Wildman–Crippen MR) is 105 cm³/mol. The molecule has 0 radical (unpaired) electrons. The van der Waals surface area contributed by atoms with E-state index in [1.165, 1.54) is 12.1 Å². The van der Waals surface area contributed by atoms with Crippen molar-refractivity contribution >= 4 is 22.5 Å². The number of para-hydroxylation sites is 1. The molecule has 0 fully saturated rings. The van der Waals surface area contributed by atoms with Gasteiger partial charge >= 0.3 is 0 Å². The van der Waals surface area contributed by atoms with E-state index in [4.69, 9.17) is 0 Å². The minimum atomic E-state index is -0.710. The molecule has 0 spiro atoms. The maximum atomic E-state index is 13.0. The Hall–Kier alpha value is -3.28. The Bertz CT molecular complexity index is 1040. The van der Waals surface area contributed by atoms with Crippen molar-refractivity contribution in [3.05, 3.63) is 64.4 Å². The summed E-state index contributed by atoms with van der Waals surface area (Å²) in [6, 6.07) is 13.0. The van der Waals surface area contributed by atoms with Crippen LogP contribution in [0.15, 0.2) is 53.3 Å². The molecule has 0 aliphatic heterocycles. The zero-order chi connectivity index (χ0) is 19.4. The highest BCUT2D eigenvalue weighted by Gasteiger charge is 2.22. The fourth-order valence-electron chi connectivity index (χ4n) is 3.11. The number of amides is 1. The summed E-state index contributed by atoms with van der Waals surface area (Å²) in [7, 11) is 0. The molecular weight excluding hydrogens is 344 g/mol. The Morgan fingerprint density at radius 3 is 2.59 bits per heavy atom. The van der Waals surface area contributed by atoms with Gasteiger partial charge in [-0.2, -0.15) is 0 Å². The number of rotatable bonds is 6. The van der Waals surface area contributed by atoms with Crippen molar-refractivity contribution in [2.75, 3.05) is 5.32 Å². The lowest BCUT2D eigenvalue weighted by Gasteiger charge is -2.15. The van der Waals surface area contributed by atoms with E-state index >= 15 is 0 Å². The monoisotopic (exact) mass is 366 g/mol. The molecule has 1 aromatic heterocycles. The number of nitrogens with one attached hydrogen (secondary N) is 1. The number of phenolic OH excluding ortho intramolecular Hbond substituents is 1. The molecule has 140 valence electrons. The van der Waals surface area contributed by atoms with Gasteiger partial charge in [-0.05, 0) is 30.7 Å². The van der Waals surface area contributed by atoms with E-state index in [9.17, 15) is 19.8 Å². The molecule has 6 nitrogen and oxygen atoms in total. The number of hydrogen-bond acceptors (Lipinski definition) is 4. The first-order chi connectivity index (χ1) is 13.0. The number of aromatic hydroxyl groups is 2. The van der Waals surface area contributed by atoms with Crippen LogP contribution in [-0.4, -0.2) is 20.7 Å². The topological polar surface area (TPSA) is 91.6 Å². The van der Waals surface area contributed by atoms with Crippen LogP contribution in [0, 0.1) is 0 Å². The van der Waals surface area contributed by atoms with Crippen LogP contribution in [-0.2, 0) is 6.54 Å². The summed E-state index contributed by atoms with van der Waals surface area (Å²) in [5, 5.41) is 23.2. The van der Waals surface area contributed by atoms with Gasteiger partial charge in [-0.1, -0.05) is 38.0 Å². The molecule has 0 bridgehead atoms. The van der Waals surface area contributed by atoms with Crippen LogP contribution in [0.4, 0.5) is 5.69 Å². The molecule has 0 atom stereocenters. The molecule has 0 unspecified atom stereocenters. The fraction of sp³-hybridized carbons (Fsp3) is 0.238. The second-order valence-corrected chi connectivity index (χ2v) is 6.41. The van der Waals surface area contributed by atoms with Gasteiger partial charge in [-0.3, -0.25) is 9.59 Å². The maximum absolute atomic E-state index is 13.0. The van der Waals surface area contributed by atoms with Crippen molar-refractivity contribution in [1.82, 2.24) is 4.57 Å². The number of fused-ring (bicyclic) bond motifs is 1. The van der Waals surface area contributed by atoms with Crippen LogP contribution in [0.1, 0.15) is 36.5 Å². The number of hydrogen-bond donors (Lipinski definition) is 3. The van der Waals surface area contributed by atoms with E-state index in [1.807, 2.05) is 0 Å². The Kier molecular flexibility index (Phi) is 5.45. The molecule has 0 saturated carbocycles. The van der Waals surface area contributed by atoms with Gasteiger partial charge in [0.2, 0.25) is 0 Å². The van der Waals surface area contributed by atoms with Gasteiger partial charge in [0.1, 0.15) is 17.1 Å². The van der Waals surface area contributed by atoms with E-state index in [0.29, 0.717) is 23.1 Å². The summed E-state index contributed by atoms with van der Waals surface area (Å²) in [6.07, 6.45) is 2.78. The van der Waals surface area contributed by atoms with Gasteiger partial charge in [0.15, 0.2) is 0 Å². The number of unbranched alkanes of at least 4 members (excludes halogenated alkanes) is 2. The molecule has 3 rings (SSSR count). The van der Waals surface area contributed by atoms with Crippen molar-refractivity contribution in [3.63, 3.8) is 0 Å². The summed E-state index contributed by atoms with van der Waals surface area (Å²) in [5.74, 6) is -1.05. The van der Waals surface area contributed by atoms with Crippen LogP contribution in [0.3, 0.4) is 0 Å². The van der Waals surface area contributed by atoms with Crippen LogP contribution in [0.5, 0.6) is 11.5 Å². The first-order valence-corrected chi connectivity index (χ1v) is 8.97. The minimum Gasteiger partial charge on any atom is -0.508 e. The lowest BCUT2D eigenvalue weighted by atomic mass is 10.1. The number of phenols is 1. The molecule has 0 aliphatic carbocycles. The number of benzene rings is 2. The smallest absolute Gasteiger partial charge is 0.267 e. The van der Waals surface area contributed by atoms with Crippen LogP contribution in [0.25, 0.3) is 10.9 Å². The minimum absolute atomic E-state index is 0.00694. The number of nitrogens with zero attached hydrogens (tertiary/aromatic N) is 1. The standard InChI is InChI=1S/C21H22N2O4/c1-2-3-6-12-23-17-11-5-4-10-16(17)19(25)18(21(23)27)20(26)22-14-8-7-9-15(24)13-14/h4-5,7-11,13,24-25H,2-3,6,12H2,1H3,(H,22,26). The Labute approximate surface area is 156 Å². The number of carbonyl (C=O) groups excluding carboxylic acids is 1. The van der Waals surface area contributed by atoms with Gasteiger partial charge in [0.25, 0.3) is 11.5 Å². The SMILES string of the molecule is CCCCCn1c(=O)c(C(=O)Nc2cccc(O)c2)c(O)c2ccccc21. The summed E-state index contributed by atoms with van der Waals surface area (Å²) in [4.78, 5) is 25.7. The summed E-state index contributed by atoms with van der Waals surface area (Å²) in [5.41, 5.74) is 0.114. The molecule has 3 N–H and O–H groups in total. The molecule has 27 heavy (non-hydrogen) atoms. The van der Waals surface area contributed by atoms with Crippen molar-refractivity contribution in [2.24, 2.45) is 0 Å². The highest BCUT2D eigenvalue weighted by atomic mass is 16.3. The number of aromatic nitrogens is 1. The molecule has 1 amide bonds. The van der Waals surface area contributed by atoms with Gasteiger partial charge in [0, 0.05) is 23.7 Å². The first-order valence-electron chi connectivity index (χ1n) is 8.97. The Morgan fingerprint density at radius 1 is 1.07 bits per heavy atom. The van der Waals surface area contributed by atoms with E-state index < -0.39 is 11.5 Å². The third kappa shape index (κ3) is 3.79. The zero-order valence-corrected chi connectivity index (χ0v) is 15.1. The second-order valence-electron chi connectivity index (χ2n) is 6.41. The summed E-state index contributed by atoms with van der Waals surface area (Å²) < 4.78 is 1.54. The van der Waals surface area contributed by atoms with Crippen LogP contribution in [0.2, 0.25) is 0 Å². The average Bonchev–Trinajstić information content (AvgIpc) is 2.64. The van der Waals surface area contributed by atoms with E-state index in [1.54, 1.807) is 41.0 Å². The molecular formula is C21H22N2O4. The van der Waals surface area contributed by atoms with Crippen molar-refractivity contribution in [2.45, 2.75) is 32.7 Å². The van der Waals surface area contributed by atoms with Gasteiger partial charge in [-0.15, -0.1) is 0 Å². The zero-order valence-electron chi connectivity index (χ0n) is 15.1. The number of anilines is 1. The molecule has 6 heteroatoms. The third-order valence-electron chi connectivity index (χ3n) is 4.46. The van der Waals surface area contributed by atoms with Crippen molar-refractivity contribution < 1.29 is 15.0 Å². The Balaban J connectivity index is 2.08. The summed E-state index contributed by atoms with van der Waals surface area (Å²) in [6.45, 7) is 2.55. The second kappa shape index (κ2) is 7.95. The summed E-state index contributed by atoms with van der Waals surface area (Å²) >= 11 is 0. The highest BCUT2D eigenvalue weighted by molar-refractivity contribution is 6.09. The molecule has 0 saturated heterocycles. The van der Waals surface area contributed by atoms with E-state index in [-0.39, 0.29) is 17.1 Å². The predicted octanol–water partition coefficient (Wildman–Crippen LogP) is 3.86. The molecule has 0 aliphatic rings. The maximum Gasteiger partial charge on any atom is 0.267 e. The lowest BCUT2D eigenvalue weighted by molar-refractivity contribution is 0.102. The van der Waals surface area contributed by atoms with Gasteiger partial charge < -0.3 is 20.1 Å². The Morgan fingerprint density at radius 2 is 1.85 bits per heavy atom. The molecule has 2 aromatic carbocycles. The number of aryl methyl sites for hydroxylation is 1. The van der Waals surface area contributed by atoms with Crippen LogP contribution >= 0.6 is 0 Å². The van der Waals surface area contributed by atoms with Gasteiger partial charge in [0.05, 0.1) is 5.52 Å². The quantitative estimate of drug-likeness (QED) is 0.578. The lowest BCUT2D eigenvalue weighted by Crippen LogP contribution is -2.30. The number of carbonyl (C=O) groups is 1. The molecule has 1 heterocycles. The van der Waals surface area contributed by atoms with E-state index in [2.05, 4.69) is 12.2 Å². The average molecular weight is 366 g/mol. The highest BCUT2D eigenvalue weighted by Crippen LogP contribution is 2.27. The third-order valence-corrected chi connectivity index (χ3v) is 4.46. The van der Waals surface area contributed by atoms with Crippen molar-refractivity contribution in [1.29, 1.82) is 0 Å². The normalized spacial score (nSPS) is 10.9. The number of pyridine rings is 1. The van der Waals surface area contributed by atoms with E-state index in [0.717, 1.165) is 19.3 Å². The fourth-order valence-corrected chi connectivity index (χ4v) is 3.11.